The summed E-state index contributed by atoms with van der Waals surface area (Å²) in [6.45, 7) is 5.24. The molecule has 18 heavy (non-hydrogen) atoms. The van der Waals surface area contributed by atoms with Gasteiger partial charge < -0.3 is 9.47 Å². The van der Waals surface area contributed by atoms with Crippen LogP contribution in [0.25, 0.3) is 0 Å². The zero-order chi connectivity index (χ0) is 15.0. The molecular weight excluding hydrogens is 331 g/mol. The highest BCUT2D eigenvalue weighted by Crippen LogP contribution is 2.14. The van der Waals surface area contributed by atoms with E-state index in [4.69, 9.17) is 24.8 Å². The van der Waals surface area contributed by atoms with Crippen molar-refractivity contribution in [3.8, 4) is 0 Å². The van der Waals surface area contributed by atoms with Crippen LogP contribution in [0.2, 0.25) is 0 Å². The molecule has 0 saturated heterocycles. The van der Waals surface area contributed by atoms with Crippen molar-refractivity contribution in [2.75, 3.05) is 13.2 Å². The van der Waals surface area contributed by atoms with Gasteiger partial charge in [-0.05, 0) is 20.8 Å². The van der Waals surface area contributed by atoms with Crippen molar-refractivity contribution in [2.45, 2.75) is 20.8 Å². The molecule has 0 saturated carbocycles. The fourth-order valence-corrected chi connectivity index (χ4v) is 0.550. The smallest absolute Gasteiger partial charge is 0.403 e. The summed E-state index contributed by atoms with van der Waals surface area (Å²) in [5, 5.41) is 0. The molecule has 6 nitrogen and oxygen atoms in total. The summed E-state index contributed by atoms with van der Waals surface area (Å²) in [5.41, 5.74) is -1.43. The standard InChI is InChI=1S/C8H13ClO4.Cl2O2S/c1-8(2,3)6(10)12-4-5-13-7(9)11;1-5(2,3)4/h4-5H2,1-3H3;. The van der Waals surface area contributed by atoms with Gasteiger partial charge >= 0.3 is 19.7 Å². The van der Waals surface area contributed by atoms with Crippen LogP contribution in [0.3, 0.4) is 0 Å². The van der Waals surface area contributed by atoms with E-state index in [1.54, 1.807) is 20.8 Å². The molecule has 0 N–H and O–H groups in total. The van der Waals surface area contributed by atoms with Gasteiger partial charge in [0.15, 0.2) is 0 Å². The summed E-state index contributed by atoms with van der Waals surface area (Å²) in [4.78, 5) is 21.2. The SMILES string of the molecule is CC(C)(C)C(=O)OCCOC(=O)Cl.O=S(=O)(Cl)Cl. The van der Waals surface area contributed by atoms with Gasteiger partial charge in [-0.15, -0.1) is 0 Å². The van der Waals surface area contributed by atoms with Crippen LogP contribution in [-0.4, -0.2) is 33.0 Å². The van der Waals surface area contributed by atoms with Crippen LogP contribution in [0.4, 0.5) is 4.79 Å². The molecule has 0 aliphatic heterocycles. The van der Waals surface area contributed by atoms with E-state index >= 15 is 0 Å². The molecule has 0 unspecified atom stereocenters. The zero-order valence-corrected chi connectivity index (χ0v) is 13.0. The molecule has 0 heterocycles. The second-order valence-electron chi connectivity index (χ2n) is 3.85. The van der Waals surface area contributed by atoms with Gasteiger partial charge in [0.25, 0.3) is 0 Å². The number of ether oxygens (including phenoxy) is 2. The molecule has 0 amide bonds. The number of esters is 1. The molecule has 0 spiro atoms. The van der Waals surface area contributed by atoms with Crippen LogP contribution < -0.4 is 0 Å². The molecule has 10 heteroatoms. The fraction of sp³-hybridized carbons (Fsp3) is 0.750. The Morgan fingerprint density at radius 1 is 1.06 bits per heavy atom. The molecule has 0 radical (unpaired) electrons. The van der Waals surface area contributed by atoms with Crippen molar-refractivity contribution in [1.82, 2.24) is 0 Å². The van der Waals surface area contributed by atoms with E-state index in [0.29, 0.717) is 0 Å². The largest absolute Gasteiger partial charge is 0.462 e. The molecule has 0 aromatic carbocycles. The average molecular weight is 344 g/mol. The Balaban J connectivity index is 0. The average Bonchev–Trinajstić information content (AvgIpc) is 2.07. The number of rotatable bonds is 3. The summed E-state index contributed by atoms with van der Waals surface area (Å²) in [7, 11) is 4.81. The summed E-state index contributed by atoms with van der Waals surface area (Å²) in [6, 6.07) is 0. The van der Waals surface area contributed by atoms with Crippen LogP contribution in [0.15, 0.2) is 0 Å². The highest BCUT2D eigenvalue weighted by atomic mass is 36.0. The van der Waals surface area contributed by atoms with Crippen LogP contribution >= 0.6 is 33.0 Å². The molecule has 0 rings (SSSR count). The number of halogens is 3. The van der Waals surface area contributed by atoms with E-state index in [1.807, 2.05) is 0 Å². The third-order valence-corrected chi connectivity index (χ3v) is 1.25. The van der Waals surface area contributed by atoms with E-state index in [9.17, 15) is 9.59 Å². The maximum absolute atomic E-state index is 11.1. The van der Waals surface area contributed by atoms with E-state index < -0.39 is 19.1 Å². The fourth-order valence-electron chi connectivity index (χ4n) is 0.473. The normalized spacial score (nSPS) is 11.0. The van der Waals surface area contributed by atoms with E-state index in [1.165, 1.54) is 0 Å². The third kappa shape index (κ3) is 21.1. The lowest BCUT2D eigenvalue weighted by Crippen LogP contribution is -2.24. The van der Waals surface area contributed by atoms with Gasteiger partial charge in [-0.25, -0.2) is 4.79 Å². The van der Waals surface area contributed by atoms with Crippen LogP contribution in [0, 0.1) is 5.41 Å². The topological polar surface area (TPSA) is 86.7 Å². The van der Waals surface area contributed by atoms with Crippen molar-refractivity contribution >= 4 is 52.6 Å². The van der Waals surface area contributed by atoms with Crippen LogP contribution in [-0.2, 0) is 22.5 Å². The Labute approximate surface area is 119 Å². The van der Waals surface area contributed by atoms with E-state index in [2.05, 4.69) is 26.1 Å². The number of carbonyl (C=O) groups is 2. The van der Waals surface area contributed by atoms with Gasteiger partial charge in [-0.1, -0.05) is 0 Å². The maximum Gasteiger partial charge on any atom is 0.403 e. The molecule has 0 aliphatic carbocycles. The second-order valence-corrected chi connectivity index (χ2v) is 7.83. The molecule has 0 aliphatic rings. The van der Waals surface area contributed by atoms with Gasteiger partial charge in [0.05, 0.1) is 5.41 Å². The first-order valence-electron chi connectivity index (χ1n) is 4.47. The second kappa shape index (κ2) is 8.79. The molecule has 0 fully saturated rings. The van der Waals surface area contributed by atoms with Gasteiger partial charge in [0.1, 0.15) is 13.2 Å². The zero-order valence-electron chi connectivity index (χ0n) is 9.91. The summed E-state index contributed by atoms with van der Waals surface area (Å²) < 4.78 is 27.5. The Morgan fingerprint density at radius 3 is 1.67 bits per heavy atom. The van der Waals surface area contributed by atoms with Crippen molar-refractivity contribution in [3.05, 3.63) is 0 Å². The predicted molar refractivity (Wildman–Crippen MR) is 68.2 cm³/mol. The monoisotopic (exact) mass is 342 g/mol. The van der Waals surface area contributed by atoms with Crippen molar-refractivity contribution in [1.29, 1.82) is 0 Å². The minimum absolute atomic E-state index is 0.00977. The first kappa shape index (κ1) is 20.1. The Hall–Kier alpha value is -0.240. The number of carbonyl (C=O) groups excluding carboxylic acids is 2. The lowest BCUT2D eigenvalue weighted by molar-refractivity contribution is -0.153. The van der Waals surface area contributed by atoms with Crippen molar-refractivity contribution in [2.24, 2.45) is 5.41 Å². The summed E-state index contributed by atoms with van der Waals surface area (Å²) in [5.74, 6) is -0.335. The Morgan fingerprint density at radius 2 is 1.39 bits per heavy atom. The van der Waals surface area contributed by atoms with Gasteiger partial charge in [-0.2, -0.15) is 8.42 Å². The number of hydrogen-bond donors (Lipinski definition) is 0. The lowest BCUT2D eigenvalue weighted by Gasteiger charge is -2.16. The molecule has 0 aromatic heterocycles. The summed E-state index contributed by atoms with van der Waals surface area (Å²) in [6.07, 6.45) is 0. The Bertz CT molecular complexity index is 365. The third-order valence-electron chi connectivity index (χ3n) is 1.14. The number of hydrogen-bond acceptors (Lipinski definition) is 6. The quantitative estimate of drug-likeness (QED) is 0.445. The molecule has 0 aromatic rings. The maximum atomic E-state index is 11.1. The van der Waals surface area contributed by atoms with E-state index in [0.717, 1.165) is 0 Å². The van der Waals surface area contributed by atoms with Crippen molar-refractivity contribution < 1.29 is 27.5 Å². The highest BCUT2D eigenvalue weighted by Gasteiger charge is 2.22. The van der Waals surface area contributed by atoms with Gasteiger partial charge in [0, 0.05) is 33.0 Å². The minimum Gasteiger partial charge on any atom is -0.462 e. The lowest BCUT2D eigenvalue weighted by atomic mass is 9.97. The first-order chi connectivity index (χ1) is 7.84. The molecular formula is C8H13Cl3O6S. The molecule has 0 bridgehead atoms. The molecule has 108 valence electrons. The van der Waals surface area contributed by atoms with Crippen LogP contribution in [0.5, 0.6) is 0 Å². The predicted octanol–water partition coefficient (Wildman–Crippen LogP) is 2.66. The van der Waals surface area contributed by atoms with E-state index in [-0.39, 0.29) is 19.2 Å². The summed E-state index contributed by atoms with van der Waals surface area (Å²) >= 11 is 4.88. The van der Waals surface area contributed by atoms with Crippen molar-refractivity contribution in [3.63, 3.8) is 0 Å². The highest BCUT2D eigenvalue weighted by molar-refractivity contribution is 8.31. The van der Waals surface area contributed by atoms with Gasteiger partial charge in [0.2, 0.25) is 0 Å². The molecule has 0 atom stereocenters. The Kier molecular flexibility index (Phi) is 9.81. The first-order valence-corrected chi connectivity index (χ1v) is 7.99. The van der Waals surface area contributed by atoms with Crippen LogP contribution in [0.1, 0.15) is 20.8 Å². The minimum atomic E-state index is -3.72. The van der Waals surface area contributed by atoms with Gasteiger partial charge in [-0.3, -0.25) is 4.79 Å².